The van der Waals surface area contributed by atoms with Crippen LogP contribution in [0.5, 0.6) is 5.75 Å². The number of carbonyl (C=O) groups excluding carboxylic acids is 13. The molecule has 0 aliphatic heterocycles. The summed E-state index contributed by atoms with van der Waals surface area (Å²) in [5, 5.41) is 88.2. The van der Waals surface area contributed by atoms with Crippen LogP contribution in [-0.2, 0) is 87.9 Å². The van der Waals surface area contributed by atoms with Crippen LogP contribution in [0.1, 0.15) is 134 Å². The highest BCUT2D eigenvalue weighted by atomic mass is 16.4. The number of aliphatic hydroxyl groups excluding tert-OH is 1. The number of amides is 13. The lowest BCUT2D eigenvalue weighted by Gasteiger charge is -2.31. The second kappa shape index (κ2) is 44.1. The molecule has 0 aliphatic rings. The summed E-state index contributed by atoms with van der Waals surface area (Å²) in [7, 11) is 0. The van der Waals surface area contributed by atoms with Crippen LogP contribution >= 0.6 is 0 Å². The first-order valence-electron chi connectivity index (χ1n) is 33.0. The molecule has 0 fully saturated rings. The van der Waals surface area contributed by atoms with Gasteiger partial charge in [-0.15, -0.1) is 0 Å². The highest BCUT2D eigenvalue weighted by Crippen LogP contribution is 2.17. The topological polar surface area (TPSA) is 594 Å². The number of carboxylic acid groups (broad SMARTS) is 4. The molecule has 0 heterocycles. The van der Waals surface area contributed by atoms with Crippen molar-refractivity contribution in [1.29, 1.82) is 0 Å². The van der Waals surface area contributed by atoms with Crippen molar-refractivity contribution in [3.8, 4) is 5.75 Å². The van der Waals surface area contributed by atoms with Crippen LogP contribution in [-0.4, -0.2) is 224 Å². The van der Waals surface area contributed by atoms with Gasteiger partial charge in [-0.05, 0) is 66.0 Å². The first-order valence-corrected chi connectivity index (χ1v) is 33.0. The van der Waals surface area contributed by atoms with Crippen molar-refractivity contribution in [2.45, 2.75) is 201 Å². The van der Waals surface area contributed by atoms with E-state index in [0.717, 1.165) is 0 Å². The molecule has 13 amide bonds. The third kappa shape index (κ3) is 31.8. The van der Waals surface area contributed by atoms with Crippen LogP contribution < -0.4 is 74.9 Å². The lowest BCUT2D eigenvalue weighted by atomic mass is 9.94. The van der Waals surface area contributed by atoms with Gasteiger partial charge in [0, 0.05) is 6.42 Å². The molecule has 0 aliphatic carbocycles. The predicted octanol–water partition coefficient (Wildman–Crippen LogP) is -4.54. The van der Waals surface area contributed by atoms with Gasteiger partial charge in [0.25, 0.3) is 0 Å². The van der Waals surface area contributed by atoms with Gasteiger partial charge in [0.2, 0.25) is 76.8 Å². The van der Waals surface area contributed by atoms with E-state index in [9.17, 15) is 112 Å². The van der Waals surface area contributed by atoms with E-state index in [2.05, 4.69) is 69.1 Å². The summed E-state index contributed by atoms with van der Waals surface area (Å²) in [6.07, 6.45) is -2.79. The molecule has 101 heavy (non-hydrogen) atoms. The predicted molar refractivity (Wildman–Crippen MR) is 357 cm³/mol. The van der Waals surface area contributed by atoms with Crippen molar-refractivity contribution >= 4 is 101 Å². The average Bonchev–Trinajstić information content (AvgIpc) is 0.851. The summed E-state index contributed by atoms with van der Waals surface area (Å²) in [5.41, 5.74) is 6.55. The Morgan fingerprint density at radius 1 is 0.376 bits per heavy atom. The number of nitrogens with one attached hydrogen (secondary N) is 13. The summed E-state index contributed by atoms with van der Waals surface area (Å²) < 4.78 is 0. The third-order valence-corrected chi connectivity index (χ3v) is 16.3. The highest BCUT2D eigenvalue weighted by molar-refractivity contribution is 6.00. The van der Waals surface area contributed by atoms with E-state index in [1.807, 2.05) is 0 Å². The van der Waals surface area contributed by atoms with Crippen LogP contribution in [0.4, 0.5) is 0 Å². The minimum absolute atomic E-state index is 0.00645. The molecular weight excluding hydrogens is 1330 g/mol. The van der Waals surface area contributed by atoms with Crippen molar-refractivity contribution in [2.24, 2.45) is 41.2 Å². The van der Waals surface area contributed by atoms with Gasteiger partial charge in [0.15, 0.2) is 0 Å². The van der Waals surface area contributed by atoms with E-state index in [1.54, 1.807) is 48.5 Å². The molecular formula is C64H102N14O23. The number of phenolic OH excluding ortho intramolecular Hbond substituents is 1. The smallest absolute Gasteiger partial charge is 0.326 e. The van der Waals surface area contributed by atoms with Gasteiger partial charge in [-0.25, -0.2) is 4.79 Å². The van der Waals surface area contributed by atoms with E-state index in [-0.39, 0.29) is 31.4 Å². The molecule has 0 radical (unpaired) electrons. The SMILES string of the molecule is CC[C@H](C)[C@H](NC(=O)[C@H](CC(=O)O)NC(=O)[C@H](CCC(=O)O)NC(=O)CNC(=O)[C@@H](N)Cc1ccc(O)cc1)C(=O)N[C@H](C(=O)N[C@H](C(=O)NCC(=O)N[C@H](C(=O)N[C@H](C(=O)N[C@@H](CC(=O)O)C(=O)N[C@@H](CO)C(=O)NCC(=O)N[C@H](C(=O)O)C(C)C)[C@@H](C)CC)C(C)C)C(C)C)[C@@H](C)CC. The van der Waals surface area contributed by atoms with Crippen molar-refractivity contribution in [3.05, 3.63) is 29.8 Å². The molecule has 0 saturated carbocycles. The molecule has 0 unspecified atom stereocenters. The molecule has 0 bridgehead atoms. The molecule has 566 valence electrons. The number of nitrogens with two attached hydrogens (primary N) is 1. The lowest BCUT2D eigenvalue weighted by Crippen LogP contribution is -2.62. The zero-order valence-corrected chi connectivity index (χ0v) is 58.8. The van der Waals surface area contributed by atoms with Crippen LogP contribution in [0.25, 0.3) is 0 Å². The molecule has 14 atom stereocenters. The first kappa shape index (κ1) is 88.9. The fourth-order valence-corrected chi connectivity index (χ4v) is 9.52. The van der Waals surface area contributed by atoms with E-state index < -0.39 is 255 Å². The summed E-state index contributed by atoms with van der Waals surface area (Å²) in [4.78, 5) is 223. The van der Waals surface area contributed by atoms with E-state index in [0.29, 0.717) is 5.56 Å². The molecule has 0 aromatic heterocycles. The standard InChI is InChI=1S/C64H102N14O23/c1-13-32(10)51(61(97)71-39(23-46(86)87)57(93)72-41(28-79)55(91)67-26-44(83)74-50(31(8)9)64(100)101)77-60(96)49(30(6)7)73-43(82)27-68-59(95)48(29(4)5)75-62(98)53(34(12)15-3)78-63(99)52(33(11)14-2)76-58(94)40(24-47(88)89)70-56(92)38(20-21-45(84)85)69-42(81)25-66-54(90)37(65)22-35-16-18-36(80)19-17-35/h16-19,29-34,37-41,48-53,79-80H,13-15,20-28,65H2,1-12H3,(H,66,90)(H,67,91)(H,68,95)(H,69,81)(H,70,92)(H,71,97)(H,72,93)(H,73,82)(H,74,83)(H,75,98)(H,76,94)(H,77,96)(H,78,99)(H,84,85)(H,86,87)(H,88,89)(H,100,101)/t32-,33-,34-,37-,38-,39-,40-,41-,48-,49-,50-,51-,52-,53-/m0/s1. The minimum Gasteiger partial charge on any atom is -0.508 e. The van der Waals surface area contributed by atoms with Crippen molar-refractivity contribution in [1.82, 2.24) is 69.1 Å². The molecule has 1 aromatic carbocycles. The lowest BCUT2D eigenvalue weighted by molar-refractivity contribution is -0.143. The Morgan fingerprint density at radius 3 is 1.12 bits per heavy atom. The van der Waals surface area contributed by atoms with Gasteiger partial charge in [-0.3, -0.25) is 76.7 Å². The van der Waals surface area contributed by atoms with Crippen LogP contribution in [0.3, 0.4) is 0 Å². The highest BCUT2D eigenvalue weighted by Gasteiger charge is 2.39. The second-order valence-corrected chi connectivity index (χ2v) is 25.5. The summed E-state index contributed by atoms with van der Waals surface area (Å²) in [6.45, 7) is 15.4. The number of rotatable bonds is 46. The van der Waals surface area contributed by atoms with Crippen molar-refractivity contribution in [3.63, 3.8) is 0 Å². The Labute approximate surface area is 584 Å². The van der Waals surface area contributed by atoms with Gasteiger partial charge < -0.3 is 105 Å². The zero-order chi connectivity index (χ0) is 77.3. The Kier molecular flexibility index (Phi) is 38.9. The number of aliphatic carboxylic acids is 4. The van der Waals surface area contributed by atoms with Gasteiger partial charge in [0.05, 0.1) is 45.1 Å². The number of carboxylic acids is 4. The molecule has 21 N–H and O–H groups in total. The van der Waals surface area contributed by atoms with Crippen LogP contribution in [0.15, 0.2) is 24.3 Å². The van der Waals surface area contributed by atoms with Crippen molar-refractivity contribution in [2.75, 3.05) is 26.2 Å². The monoisotopic (exact) mass is 1430 g/mol. The normalized spacial score (nSPS) is 15.3. The Hall–Kier alpha value is -10.1. The first-order chi connectivity index (χ1) is 47.1. The van der Waals surface area contributed by atoms with E-state index >= 15 is 0 Å². The number of hydrogen-bond acceptors (Lipinski definition) is 20. The molecule has 0 saturated heterocycles. The zero-order valence-electron chi connectivity index (χ0n) is 58.8. The van der Waals surface area contributed by atoms with Crippen LogP contribution in [0, 0.1) is 35.5 Å². The summed E-state index contributed by atoms with van der Waals surface area (Å²) >= 11 is 0. The maximum atomic E-state index is 14.3. The number of aliphatic hydroxyl groups is 1. The molecule has 1 rings (SSSR count). The van der Waals surface area contributed by atoms with Crippen LogP contribution in [0.2, 0.25) is 0 Å². The largest absolute Gasteiger partial charge is 0.508 e. The number of carbonyl (C=O) groups is 17. The van der Waals surface area contributed by atoms with Gasteiger partial charge in [0.1, 0.15) is 66.2 Å². The molecule has 1 aromatic rings. The number of hydrogen-bond donors (Lipinski definition) is 20. The van der Waals surface area contributed by atoms with Gasteiger partial charge >= 0.3 is 23.9 Å². The van der Waals surface area contributed by atoms with Gasteiger partial charge in [-0.1, -0.05) is 114 Å². The maximum absolute atomic E-state index is 14.3. The molecule has 37 heteroatoms. The fraction of sp³-hybridized carbons (Fsp3) is 0.641. The van der Waals surface area contributed by atoms with Crippen molar-refractivity contribution < 1.29 is 112 Å². The summed E-state index contributed by atoms with van der Waals surface area (Å²) in [6, 6.07) is -11.4. The minimum atomic E-state index is -1.96. The molecule has 37 nitrogen and oxygen atoms in total. The molecule has 0 spiro atoms. The van der Waals surface area contributed by atoms with E-state index in [4.69, 9.17) is 5.73 Å². The fourth-order valence-electron chi connectivity index (χ4n) is 9.52. The number of aromatic hydroxyl groups is 1. The Morgan fingerprint density at radius 2 is 0.713 bits per heavy atom. The number of phenols is 1. The Balaban J connectivity index is 3.29. The Bertz CT molecular complexity index is 3080. The second-order valence-electron chi connectivity index (χ2n) is 25.5. The number of benzene rings is 1. The third-order valence-electron chi connectivity index (χ3n) is 16.3. The van der Waals surface area contributed by atoms with Gasteiger partial charge in [-0.2, -0.15) is 0 Å². The quantitative estimate of drug-likeness (QED) is 0.0292. The summed E-state index contributed by atoms with van der Waals surface area (Å²) in [5.74, 6) is -23.4. The van der Waals surface area contributed by atoms with E-state index in [1.165, 1.54) is 58.9 Å². The average molecular weight is 1440 g/mol. The maximum Gasteiger partial charge on any atom is 0.326 e.